The van der Waals surface area contributed by atoms with Crippen LogP contribution in [-0.4, -0.2) is 28.7 Å². The lowest BCUT2D eigenvalue weighted by Crippen LogP contribution is -2.44. The quantitative estimate of drug-likeness (QED) is 0.810. The van der Waals surface area contributed by atoms with Gasteiger partial charge in [0.05, 0.1) is 17.6 Å². The van der Waals surface area contributed by atoms with E-state index >= 15 is 0 Å². The largest absolute Gasteiger partial charge is 0.488 e. The summed E-state index contributed by atoms with van der Waals surface area (Å²) in [5.74, 6) is 0.332. The molecule has 0 saturated heterocycles. The van der Waals surface area contributed by atoms with Crippen molar-refractivity contribution in [2.75, 3.05) is 0 Å². The van der Waals surface area contributed by atoms with Crippen molar-refractivity contribution in [3.8, 4) is 0 Å². The first kappa shape index (κ1) is 18.2. The van der Waals surface area contributed by atoms with Gasteiger partial charge >= 0.3 is 0 Å². The zero-order valence-corrected chi connectivity index (χ0v) is 16.0. The monoisotopic (exact) mass is 346 g/mol. The molecule has 2 atom stereocenters. The maximum Gasteiger partial charge on any atom is 0.210 e. The van der Waals surface area contributed by atoms with Crippen LogP contribution in [0.15, 0.2) is 34.8 Å². The third-order valence-electron chi connectivity index (χ3n) is 5.44. The van der Waals surface area contributed by atoms with E-state index in [0.717, 1.165) is 18.4 Å². The minimum absolute atomic E-state index is 0.147. The highest BCUT2D eigenvalue weighted by Gasteiger charge is 2.66. The van der Waals surface area contributed by atoms with Gasteiger partial charge in [-0.3, -0.25) is 4.79 Å². The molecule has 25 heavy (non-hydrogen) atoms. The zero-order chi connectivity index (χ0) is 18.4. The number of ketones is 1. The molecule has 0 heterocycles. The topological polar surface area (TPSA) is 55.8 Å². The number of Topliss-reactive ketones (excluding diaryl/α,β-unsaturated/α-hetero) is 1. The molecule has 3 aliphatic rings. The molecule has 4 nitrogen and oxygen atoms in total. The van der Waals surface area contributed by atoms with Crippen LogP contribution >= 0.6 is 0 Å². The van der Waals surface area contributed by atoms with E-state index in [-0.39, 0.29) is 29.5 Å². The Labute approximate surface area is 150 Å². The van der Waals surface area contributed by atoms with E-state index in [1.165, 1.54) is 18.4 Å². The number of aliphatic hydroxyl groups is 1. The molecule has 4 heteroatoms. The van der Waals surface area contributed by atoms with E-state index in [2.05, 4.69) is 6.08 Å². The molecule has 0 bridgehead atoms. The van der Waals surface area contributed by atoms with Gasteiger partial charge in [-0.25, -0.2) is 0 Å². The van der Waals surface area contributed by atoms with E-state index in [1.54, 1.807) is 0 Å². The molecular formula is C21H30O4. The number of carbonyl (C=O) groups is 1. The first-order chi connectivity index (χ1) is 11.7. The standard InChI is InChI=1S/C21H30O4/c1-13(2)24-17-18(22)20(5)11-16(15-9-7-6-8-10-15)12-21(20,23)19(17)25-14(3)4/h9,12-14,23H,6-8,10-11H2,1-5H3/t20-,21-/m1/s1. The van der Waals surface area contributed by atoms with Crippen LogP contribution in [-0.2, 0) is 14.3 Å². The summed E-state index contributed by atoms with van der Waals surface area (Å²) in [6.07, 6.45) is 8.82. The molecule has 3 rings (SSSR count). The molecule has 138 valence electrons. The molecule has 0 fully saturated rings. The number of rotatable bonds is 5. The second kappa shape index (κ2) is 6.31. The average Bonchev–Trinajstić information content (AvgIpc) is 2.90. The third kappa shape index (κ3) is 2.84. The number of hydrogen-bond donors (Lipinski definition) is 1. The maximum absolute atomic E-state index is 13.2. The molecule has 0 spiro atoms. The summed E-state index contributed by atoms with van der Waals surface area (Å²) in [5, 5.41) is 11.6. The first-order valence-electron chi connectivity index (χ1n) is 9.45. The lowest BCUT2D eigenvalue weighted by Gasteiger charge is -2.32. The van der Waals surface area contributed by atoms with Crippen molar-refractivity contribution in [3.63, 3.8) is 0 Å². The van der Waals surface area contributed by atoms with Gasteiger partial charge in [-0.1, -0.05) is 6.08 Å². The normalized spacial score (nSPS) is 32.2. The van der Waals surface area contributed by atoms with Crippen molar-refractivity contribution >= 4 is 5.78 Å². The van der Waals surface area contributed by atoms with Crippen molar-refractivity contribution in [3.05, 3.63) is 34.8 Å². The maximum atomic E-state index is 13.2. The highest BCUT2D eigenvalue weighted by molar-refractivity contribution is 6.04. The van der Waals surface area contributed by atoms with Gasteiger partial charge in [0.2, 0.25) is 11.5 Å². The van der Waals surface area contributed by atoms with Gasteiger partial charge in [-0.05, 0) is 83.9 Å². The Bertz CT molecular complexity index is 667. The van der Waals surface area contributed by atoms with Crippen LogP contribution in [0.3, 0.4) is 0 Å². The lowest BCUT2D eigenvalue weighted by atomic mass is 9.75. The van der Waals surface area contributed by atoms with Crippen LogP contribution in [0.1, 0.15) is 66.7 Å². The molecule has 0 saturated carbocycles. The van der Waals surface area contributed by atoms with E-state index in [9.17, 15) is 9.90 Å². The molecule has 0 aliphatic heterocycles. The van der Waals surface area contributed by atoms with Gasteiger partial charge in [0.15, 0.2) is 11.4 Å². The molecule has 0 radical (unpaired) electrons. The summed E-state index contributed by atoms with van der Waals surface area (Å²) < 4.78 is 11.7. The predicted molar refractivity (Wildman–Crippen MR) is 96.8 cm³/mol. The summed E-state index contributed by atoms with van der Waals surface area (Å²) in [7, 11) is 0. The fraction of sp³-hybridized carbons (Fsp3) is 0.667. The fourth-order valence-electron chi connectivity index (χ4n) is 4.13. The Balaban J connectivity index is 2.07. The van der Waals surface area contributed by atoms with Gasteiger partial charge in [-0.15, -0.1) is 0 Å². The van der Waals surface area contributed by atoms with E-state index in [4.69, 9.17) is 9.47 Å². The average molecular weight is 346 g/mol. The minimum Gasteiger partial charge on any atom is -0.488 e. The third-order valence-corrected chi connectivity index (χ3v) is 5.44. The summed E-state index contributed by atoms with van der Waals surface area (Å²) in [6.45, 7) is 9.38. The van der Waals surface area contributed by atoms with Crippen LogP contribution in [0, 0.1) is 5.41 Å². The van der Waals surface area contributed by atoms with Gasteiger partial charge in [0.25, 0.3) is 0 Å². The van der Waals surface area contributed by atoms with Crippen LogP contribution < -0.4 is 0 Å². The SMILES string of the molecule is CC(C)OC1=C(OC(C)C)[C@]2(O)C=C(C3=CCCCC3)C[C@]2(C)C1=O. The Hall–Kier alpha value is -1.55. The van der Waals surface area contributed by atoms with Gasteiger partial charge in [-0.2, -0.15) is 0 Å². The molecule has 0 aromatic carbocycles. The lowest BCUT2D eigenvalue weighted by molar-refractivity contribution is -0.133. The van der Waals surface area contributed by atoms with Crippen molar-refractivity contribution < 1.29 is 19.4 Å². The molecule has 0 amide bonds. The van der Waals surface area contributed by atoms with Crippen LogP contribution in [0.25, 0.3) is 0 Å². The number of fused-ring (bicyclic) bond motifs is 1. The fourth-order valence-corrected chi connectivity index (χ4v) is 4.13. The molecule has 1 N–H and O–H groups in total. The smallest absolute Gasteiger partial charge is 0.210 e. The van der Waals surface area contributed by atoms with Crippen molar-refractivity contribution in [1.29, 1.82) is 0 Å². The van der Waals surface area contributed by atoms with Crippen LogP contribution in [0.4, 0.5) is 0 Å². The number of allylic oxidation sites excluding steroid dienone is 4. The minimum atomic E-state index is -1.42. The van der Waals surface area contributed by atoms with Gasteiger partial charge in [0.1, 0.15) is 0 Å². The molecule has 0 aromatic rings. The van der Waals surface area contributed by atoms with Crippen molar-refractivity contribution in [2.45, 2.75) is 84.5 Å². The van der Waals surface area contributed by atoms with E-state index in [0.29, 0.717) is 6.42 Å². The number of ether oxygens (including phenoxy) is 2. The van der Waals surface area contributed by atoms with Gasteiger partial charge < -0.3 is 14.6 Å². The molecular weight excluding hydrogens is 316 g/mol. The Morgan fingerprint density at radius 2 is 1.76 bits per heavy atom. The second-order valence-electron chi connectivity index (χ2n) is 8.24. The Morgan fingerprint density at radius 1 is 1.08 bits per heavy atom. The number of hydrogen-bond acceptors (Lipinski definition) is 4. The van der Waals surface area contributed by atoms with E-state index in [1.807, 2.05) is 40.7 Å². The van der Waals surface area contributed by atoms with Crippen LogP contribution in [0.2, 0.25) is 0 Å². The summed E-state index contributed by atoms with van der Waals surface area (Å²) >= 11 is 0. The van der Waals surface area contributed by atoms with Gasteiger partial charge in [0, 0.05) is 0 Å². The zero-order valence-electron chi connectivity index (χ0n) is 16.0. The number of carbonyl (C=O) groups excluding carboxylic acids is 1. The first-order valence-corrected chi connectivity index (χ1v) is 9.45. The Kier molecular flexibility index (Phi) is 4.61. The molecule has 0 aromatic heterocycles. The molecule has 0 unspecified atom stereocenters. The second-order valence-corrected chi connectivity index (χ2v) is 8.24. The van der Waals surface area contributed by atoms with E-state index < -0.39 is 11.0 Å². The van der Waals surface area contributed by atoms with Crippen LogP contribution in [0.5, 0.6) is 0 Å². The van der Waals surface area contributed by atoms with Crippen molar-refractivity contribution in [2.24, 2.45) is 5.41 Å². The molecule has 3 aliphatic carbocycles. The summed E-state index contributed by atoms with van der Waals surface area (Å²) in [4.78, 5) is 13.2. The summed E-state index contributed by atoms with van der Waals surface area (Å²) in [6, 6.07) is 0. The summed E-state index contributed by atoms with van der Waals surface area (Å²) in [5.41, 5.74) is -0.00816. The Morgan fingerprint density at radius 3 is 2.32 bits per heavy atom. The predicted octanol–water partition coefficient (Wildman–Crippen LogP) is 4.20. The van der Waals surface area contributed by atoms with Crippen molar-refractivity contribution in [1.82, 2.24) is 0 Å². The highest BCUT2D eigenvalue weighted by atomic mass is 16.5. The highest BCUT2D eigenvalue weighted by Crippen LogP contribution is 2.58.